The van der Waals surface area contributed by atoms with Crippen molar-refractivity contribution >= 4 is 0 Å². The van der Waals surface area contributed by atoms with Crippen LogP contribution in [-0.4, -0.2) is 29.1 Å². The van der Waals surface area contributed by atoms with Gasteiger partial charge in [-0.3, -0.25) is 4.90 Å². The van der Waals surface area contributed by atoms with Crippen LogP contribution in [0.25, 0.3) is 0 Å². The second kappa shape index (κ2) is 6.73. The Balaban J connectivity index is 2.00. The maximum absolute atomic E-state index is 10.7. The van der Waals surface area contributed by atoms with Crippen molar-refractivity contribution in [2.24, 2.45) is 5.41 Å². The molecule has 1 atom stereocenters. The third-order valence-corrected chi connectivity index (χ3v) is 4.33. The van der Waals surface area contributed by atoms with E-state index in [1.54, 1.807) is 0 Å². The van der Waals surface area contributed by atoms with Crippen molar-refractivity contribution < 1.29 is 5.11 Å². The molecule has 1 fully saturated rings. The van der Waals surface area contributed by atoms with E-state index >= 15 is 0 Å². The van der Waals surface area contributed by atoms with Crippen LogP contribution in [-0.2, 0) is 0 Å². The molecule has 2 nitrogen and oxygen atoms in total. The molecule has 20 heavy (non-hydrogen) atoms. The van der Waals surface area contributed by atoms with E-state index in [0.29, 0.717) is 0 Å². The van der Waals surface area contributed by atoms with Crippen molar-refractivity contribution in [1.82, 2.24) is 4.90 Å². The SMILES string of the molecule is CCCCN(CC(C)(C)C(O)c1ccccc1)C1CC1. The average Bonchev–Trinajstić information content (AvgIpc) is 3.28. The Labute approximate surface area is 123 Å². The van der Waals surface area contributed by atoms with Crippen LogP contribution < -0.4 is 0 Å². The summed E-state index contributed by atoms with van der Waals surface area (Å²) < 4.78 is 0. The second-order valence-corrected chi connectivity index (χ2v) is 6.86. The van der Waals surface area contributed by atoms with Gasteiger partial charge in [-0.05, 0) is 31.4 Å². The molecule has 0 aromatic heterocycles. The van der Waals surface area contributed by atoms with E-state index < -0.39 is 6.10 Å². The summed E-state index contributed by atoms with van der Waals surface area (Å²) in [5.74, 6) is 0. The molecular weight excluding hydrogens is 246 g/mol. The Kier molecular flexibility index (Phi) is 5.22. The lowest BCUT2D eigenvalue weighted by Crippen LogP contribution is -2.39. The molecule has 0 aliphatic heterocycles. The van der Waals surface area contributed by atoms with Crippen LogP contribution in [0.2, 0.25) is 0 Å². The molecule has 0 bridgehead atoms. The number of unbranched alkanes of at least 4 members (excludes halogenated alkanes) is 1. The van der Waals surface area contributed by atoms with Gasteiger partial charge in [-0.25, -0.2) is 0 Å². The minimum atomic E-state index is -0.397. The first kappa shape index (κ1) is 15.5. The first-order valence-corrected chi connectivity index (χ1v) is 8.01. The highest BCUT2D eigenvalue weighted by Crippen LogP contribution is 2.37. The molecule has 0 saturated heterocycles. The summed E-state index contributed by atoms with van der Waals surface area (Å²) >= 11 is 0. The molecule has 1 saturated carbocycles. The van der Waals surface area contributed by atoms with E-state index in [1.807, 2.05) is 30.3 Å². The zero-order valence-electron chi connectivity index (χ0n) is 13.2. The Hall–Kier alpha value is -0.860. The minimum absolute atomic E-state index is 0.113. The van der Waals surface area contributed by atoms with Crippen LogP contribution in [0, 0.1) is 5.41 Å². The summed E-state index contributed by atoms with van der Waals surface area (Å²) in [7, 11) is 0. The summed E-state index contributed by atoms with van der Waals surface area (Å²) in [6.07, 6.45) is 4.77. The maximum Gasteiger partial charge on any atom is 0.0853 e. The molecule has 1 aromatic rings. The van der Waals surface area contributed by atoms with Gasteiger partial charge in [0.15, 0.2) is 0 Å². The second-order valence-electron chi connectivity index (χ2n) is 6.86. The number of hydrogen-bond acceptors (Lipinski definition) is 2. The van der Waals surface area contributed by atoms with Crippen LogP contribution in [0.5, 0.6) is 0 Å². The van der Waals surface area contributed by atoms with Crippen molar-refractivity contribution in [1.29, 1.82) is 0 Å². The molecule has 1 aromatic carbocycles. The predicted molar refractivity (Wildman–Crippen MR) is 84.7 cm³/mol. The van der Waals surface area contributed by atoms with Crippen molar-refractivity contribution in [3.05, 3.63) is 35.9 Å². The fourth-order valence-electron chi connectivity index (χ4n) is 2.89. The maximum atomic E-state index is 10.7. The van der Waals surface area contributed by atoms with Gasteiger partial charge >= 0.3 is 0 Å². The highest BCUT2D eigenvalue weighted by atomic mass is 16.3. The van der Waals surface area contributed by atoms with Crippen LogP contribution in [0.15, 0.2) is 30.3 Å². The van der Waals surface area contributed by atoms with Crippen molar-refractivity contribution in [2.75, 3.05) is 13.1 Å². The Morgan fingerprint density at radius 2 is 1.90 bits per heavy atom. The van der Waals surface area contributed by atoms with Gasteiger partial charge < -0.3 is 5.11 Å². The lowest BCUT2D eigenvalue weighted by molar-refractivity contribution is 0.0177. The van der Waals surface area contributed by atoms with E-state index in [0.717, 1.165) is 18.2 Å². The fourth-order valence-corrected chi connectivity index (χ4v) is 2.89. The Morgan fingerprint density at radius 3 is 2.45 bits per heavy atom. The molecular formula is C18H29NO. The fraction of sp³-hybridized carbons (Fsp3) is 0.667. The molecule has 1 N–H and O–H groups in total. The van der Waals surface area contributed by atoms with Crippen LogP contribution in [0.4, 0.5) is 0 Å². The third kappa shape index (κ3) is 4.07. The van der Waals surface area contributed by atoms with Gasteiger partial charge in [-0.2, -0.15) is 0 Å². The Bertz CT molecular complexity index is 397. The number of benzene rings is 1. The van der Waals surface area contributed by atoms with Crippen molar-refractivity contribution in [2.45, 2.75) is 58.6 Å². The van der Waals surface area contributed by atoms with Gasteiger partial charge in [0.05, 0.1) is 6.10 Å². The normalized spacial score (nSPS) is 17.4. The standard InChI is InChI=1S/C18H29NO/c1-4-5-13-19(16-11-12-16)14-18(2,3)17(20)15-9-7-6-8-10-15/h6-10,16-17,20H,4-5,11-14H2,1-3H3. The van der Waals surface area contributed by atoms with Gasteiger partial charge in [-0.15, -0.1) is 0 Å². The highest BCUT2D eigenvalue weighted by Gasteiger charge is 2.36. The van der Waals surface area contributed by atoms with E-state index in [4.69, 9.17) is 0 Å². The largest absolute Gasteiger partial charge is 0.388 e. The van der Waals surface area contributed by atoms with E-state index in [1.165, 1.54) is 32.2 Å². The molecule has 0 heterocycles. The molecule has 0 radical (unpaired) electrons. The molecule has 1 aliphatic carbocycles. The van der Waals surface area contributed by atoms with Crippen LogP contribution in [0.3, 0.4) is 0 Å². The number of nitrogens with zero attached hydrogens (tertiary/aromatic N) is 1. The van der Waals surface area contributed by atoms with Crippen molar-refractivity contribution in [3.63, 3.8) is 0 Å². The monoisotopic (exact) mass is 275 g/mol. The summed E-state index contributed by atoms with van der Waals surface area (Å²) in [6, 6.07) is 10.8. The smallest absolute Gasteiger partial charge is 0.0853 e. The number of aliphatic hydroxyl groups excluding tert-OH is 1. The molecule has 2 rings (SSSR count). The Morgan fingerprint density at radius 1 is 1.25 bits per heavy atom. The quantitative estimate of drug-likeness (QED) is 0.775. The summed E-state index contributed by atoms with van der Waals surface area (Å²) in [5, 5.41) is 10.7. The molecule has 1 unspecified atom stereocenters. The van der Waals surface area contributed by atoms with E-state index in [9.17, 15) is 5.11 Å². The summed E-state index contributed by atoms with van der Waals surface area (Å²) in [4.78, 5) is 2.59. The zero-order chi connectivity index (χ0) is 14.6. The number of aliphatic hydroxyl groups is 1. The van der Waals surface area contributed by atoms with Gasteiger partial charge in [-0.1, -0.05) is 57.5 Å². The highest BCUT2D eigenvalue weighted by molar-refractivity contribution is 5.19. The number of hydrogen-bond donors (Lipinski definition) is 1. The lowest BCUT2D eigenvalue weighted by Gasteiger charge is -2.36. The lowest BCUT2D eigenvalue weighted by atomic mass is 9.82. The molecule has 0 spiro atoms. The van der Waals surface area contributed by atoms with Gasteiger partial charge in [0.25, 0.3) is 0 Å². The summed E-state index contributed by atoms with van der Waals surface area (Å²) in [6.45, 7) is 8.77. The predicted octanol–water partition coefficient (Wildman–Crippen LogP) is 4.01. The van der Waals surface area contributed by atoms with E-state index in [-0.39, 0.29) is 5.41 Å². The molecule has 1 aliphatic rings. The minimum Gasteiger partial charge on any atom is -0.388 e. The first-order chi connectivity index (χ1) is 9.54. The van der Waals surface area contributed by atoms with Crippen molar-refractivity contribution in [3.8, 4) is 0 Å². The van der Waals surface area contributed by atoms with Gasteiger partial charge in [0.2, 0.25) is 0 Å². The van der Waals surface area contributed by atoms with Gasteiger partial charge in [0.1, 0.15) is 0 Å². The van der Waals surface area contributed by atoms with E-state index in [2.05, 4.69) is 25.7 Å². The zero-order valence-corrected chi connectivity index (χ0v) is 13.2. The van der Waals surface area contributed by atoms with Crippen LogP contribution in [0.1, 0.15) is 58.1 Å². The topological polar surface area (TPSA) is 23.5 Å². The molecule has 112 valence electrons. The van der Waals surface area contributed by atoms with Gasteiger partial charge in [0, 0.05) is 18.0 Å². The average molecular weight is 275 g/mol. The summed E-state index contributed by atoms with van der Waals surface area (Å²) in [5.41, 5.74) is 0.918. The third-order valence-electron chi connectivity index (χ3n) is 4.33. The molecule has 0 amide bonds. The number of rotatable bonds is 8. The molecule has 2 heteroatoms. The first-order valence-electron chi connectivity index (χ1n) is 8.01. The van der Waals surface area contributed by atoms with Crippen LogP contribution >= 0.6 is 0 Å².